The molecule has 30 heavy (non-hydrogen) atoms. The third-order valence-corrected chi connectivity index (χ3v) is 7.83. The second-order valence-corrected chi connectivity index (χ2v) is 9.73. The lowest BCUT2D eigenvalue weighted by atomic mass is 10.1. The smallest absolute Gasteiger partial charge is 0.274 e. The lowest BCUT2D eigenvalue weighted by Gasteiger charge is -2.31. The van der Waals surface area contributed by atoms with E-state index in [4.69, 9.17) is 14.2 Å². The first-order chi connectivity index (χ1) is 14.4. The summed E-state index contributed by atoms with van der Waals surface area (Å²) in [4.78, 5) is 4.33. The first-order valence-corrected chi connectivity index (χ1v) is 11.6. The minimum atomic E-state index is -3.87. The molecule has 3 aromatic rings. The van der Waals surface area contributed by atoms with Gasteiger partial charge in [0, 0.05) is 19.2 Å². The number of sulfonamides is 1. The fourth-order valence-electron chi connectivity index (χ4n) is 3.39. The van der Waals surface area contributed by atoms with E-state index in [2.05, 4.69) is 4.98 Å². The molecule has 1 fully saturated rings. The van der Waals surface area contributed by atoms with Gasteiger partial charge < -0.3 is 14.2 Å². The van der Waals surface area contributed by atoms with Gasteiger partial charge in [0.25, 0.3) is 5.19 Å². The molecule has 0 atom stereocenters. The van der Waals surface area contributed by atoms with Crippen LogP contribution in [0.25, 0.3) is 10.2 Å². The molecule has 4 rings (SSSR count). The highest BCUT2D eigenvalue weighted by molar-refractivity contribution is 7.89. The summed E-state index contributed by atoms with van der Waals surface area (Å²) in [6, 6.07) is 9.13. The van der Waals surface area contributed by atoms with E-state index in [1.807, 2.05) is 18.2 Å². The molecule has 0 N–H and O–H groups in total. The molecule has 0 aliphatic carbocycles. The van der Waals surface area contributed by atoms with Gasteiger partial charge in [-0.15, -0.1) is 0 Å². The van der Waals surface area contributed by atoms with Crippen molar-refractivity contribution in [3.05, 3.63) is 42.2 Å². The number of thiazole rings is 1. The van der Waals surface area contributed by atoms with Crippen LogP contribution >= 0.6 is 11.3 Å². The fraction of sp³-hybridized carbons (Fsp3) is 0.350. The summed E-state index contributed by atoms with van der Waals surface area (Å²) in [6.45, 7) is 0.538. The van der Waals surface area contributed by atoms with E-state index < -0.39 is 15.8 Å². The molecule has 0 unspecified atom stereocenters. The van der Waals surface area contributed by atoms with Crippen LogP contribution in [0, 0.1) is 5.82 Å². The third kappa shape index (κ3) is 4.07. The molecular weight excluding hydrogens is 431 g/mol. The van der Waals surface area contributed by atoms with Crippen molar-refractivity contribution in [1.82, 2.24) is 9.29 Å². The number of methoxy groups -OCH3 is 2. The Morgan fingerprint density at radius 2 is 1.87 bits per heavy atom. The second kappa shape index (κ2) is 8.37. The van der Waals surface area contributed by atoms with Crippen molar-refractivity contribution in [2.24, 2.45) is 0 Å². The number of fused-ring (bicyclic) bond motifs is 1. The zero-order chi connectivity index (χ0) is 21.3. The van der Waals surface area contributed by atoms with Crippen LogP contribution in [0.2, 0.25) is 0 Å². The molecule has 1 aromatic heterocycles. The number of hydrogen-bond acceptors (Lipinski definition) is 7. The molecule has 1 aliphatic rings. The highest BCUT2D eigenvalue weighted by Crippen LogP contribution is 2.33. The number of halogens is 1. The van der Waals surface area contributed by atoms with E-state index in [0.717, 1.165) is 22.0 Å². The average molecular weight is 453 g/mol. The highest BCUT2D eigenvalue weighted by atomic mass is 32.2. The number of ether oxygens (including phenoxy) is 3. The van der Waals surface area contributed by atoms with Gasteiger partial charge >= 0.3 is 0 Å². The van der Waals surface area contributed by atoms with E-state index >= 15 is 0 Å². The Morgan fingerprint density at radius 1 is 1.10 bits per heavy atom. The van der Waals surface area contributed by atoms with E-state index in [-0.39, 0.29) is 29.8 Å². The number of piperidine rings is 1. The van der Waals surface area contributed by atoms with Gasteiger partial charge in [-0.1, -0.05) is 11.3 Å². The molecule has 0 saturated carbocycles. The Kier molecular flexibility index (Phi) is 5.81. The first-order valence-electron chi connectivity index (χ1n) is 9.35. The van der Waals surface area contributed by atoms with Gasteiger partial charge in [0.1, 0.15) is 28.3 Å². The molecule has 1 saturated heterocycles. The van der Waals surface area contributed by atoms with Crippen LogP contribution in [-0.4, -0.2) is 51.1 Å². The van der Waals surface area contributed by atoms with E-state index in [0.29, 0.717) is 18.0 Å². The largest absolute Gasteiger partial charge is 0.497 e. The summed E-state index contributed by atoms with van der Waals surface area (Å²) >= 11 is 1.44. The molecule has 2 heterocycles. The SMILES string of the molecule is COc1ccc2sc(OC3CCN(S(=O)(=O)c4cc(F)ccc4OC)CC3)nc2c1. The fourth-order valence-corrected chi connectivity index (χ4v) is 5.89. The summed E-state index contributed by atoms with van der Waals surface area (Å²) < 4.78 is 58.3. The molecule has 0 radical (unpaired) electrons. The standard InChI is InChI=1S/C20H21FN2O5S2/c1-26-15-4-6-18-16(12-15)22-20(29-18)28-14-7-9-23(10-8-14)30(24,25)19-11-13(21)3-5-17(19)27-2/h3-6,11-12,14H,7-10H2,1-2H3. The van der Waals surface area contributed by atoms with Crippen molar-refractivity contribution < 1.29 is 27.0 Å². The lowest BCUT2D eigenvalue weighted by molar-refractivity contribution is 0.135. The minimum Gasteiger partial charge on any atom is -0.497 e. The van der Waals surface area contributed by atoms with Crippen LogP contribution < -0.4 is 14.2 Å². The lowest BCUT2D eigenvalue weighted by Crippen LogP contribution is -2.41. The Hall–Kier alpha value is -2.43. The van der Waals surface area contributed by atoms with Crippen LogP contribution in [0.1, 0.15) is 12.8 Å². The zero-order valence-corrected chi connectivity index (χ0v) is 18.1. The molecule has 0 spiro atoms. The molecular formula is C20H21FN2O5S2. The zero-order valence-electron chi connectivity index (χ0n) is 16.5. The predicted octanol–water partition coefficient (Wildman–Crippen LogP) is 3.68. The Bertz CT molecular complexity index is 1160. The highest BCUT2D eigenvalue weighted by Gasteiger charge is 2.32. The van der Waals surface area contributed by atoms with Crippen LogP contribution in [0.4, 0.5) is 4.39 Å². The third-order valence-electron chi connectivity index (χ3n) is 4.99. The Labute approximate surface area is 178 Å². The summed E-state index contributed by atoms with van der Waals surface area (Å²) in [6.07, 6.45) is 0.875. The van der Waals surface area contributed by atoms with Crippen molar-refractivity contribution in [1.29, 1.82) is 0 Å². The van der Waals surface area contributed by atoms with Gasteiger partial charge in [0.2, 0.25) is 10.0 Å². The minimum absolute atomic E-state index is 0.125. The van der Waals surface area contributed by atoms with Crippen molar-refractivity contribution in [3.63, 3.8) is 0 Å². The molecule has 1 aliphatic heterocycles. The Balaban J connectivity index is 1.44. The number of nitrogens with zero attached hydrogens (tertiary/aromatic N) is 2. The molecule has 0 bridgehead atoms. The predicted molar refractivity (Wildman–Crippen MR) is 112 cm³/mol. The van der Waals surface area contributed by atoms with Gasteiger partial charge in [-0.05, 0) is 43.2 Å². The maximum atomic E-state index is 13.6. The molecule has 160 valence electrons. The molecule has 2 aromatic carbocycles. The van der Waals surface area contributed by atoms with Crippen LogP contribution in [0.5, 0.6) is 16.7 Å². The van der Waals surface area contributed by atoms with Crippen LogP contribution in [-0.2, 0) is 10.0 Å². The summed E-state index contributed by atoms with van der Waals surface area (Å²) in [5.41, 5.74) is 0.799. The average Bonchev–Trinajstić information content (AvgIpc) is 3.15. The summed E-state index contributed by atoms with van der Waals surface area (Å²) in [7, 11) is -0.902. The summed E-state index contributed by atoms with van der Waals surface area (Å²) in [5, 5.41) is 0.548. The monoisotopic (exact) mass is 452 g/mol. The number of rotatable bonds is 6. The summed E-state index contributed by atoms with van der Waals surface area (Å²) in [5.74, 6) is 0.227. The van der Waals surface area contributed by atoms with Crippen molar-refractivity contribution in [3.8, 4) is 16.7 Å². The van der Waals surface area contributed by atoms with Gasteiger partial charge in [-0.25, -0.2) is 17.8 Å². The second-order valence-electron chi connectivity index (χ2n) is 6.83. The molecule has 7 nitrogen and oxygen atoms in total. The topological polar surface area (TPSA) is 78.0 Å². The number of hydrogen-bond donors (Lipinski definition) is 0. The van der Waals surface area contributed by atoms with E-state index in [1.165, 1.54) is 34.9 Å². The Morgan fingerprint density at radius 3 is 2.57 bits per heavy atom. The van der Waals surface area contributed by atoms with E-state index in [9.17, 15) is 12.8 Å². The van der Waals surface area contributed by atoms with Crippen molar-refractivity contribution >= 4 is 31.6 Å². The molecule has 10 heteroatoms. The molecule has 0 amide bonds. The van der Waals surface area contributed by atoms with Crippen molar-refractivity contribution in [2.45, 2.75) is 23.8 Å². The van der Waals surface area contributed by atoms with Crippen LogP contribution in [0.15, 0.2) is 41.3 Å². The number of benzene rings is 2. The quantitative estimate of drug-likeness (QED) is 0.568. The van der Waals surface area contributed by atoms with Gasteiger partial charge in [-0.3, -0.25) is 0 Å². The first kappa shape index (κ1) is 20.8. The maximum absolute atomic E-state index is 13.6. The normalized spacial score (nSPS) is 16.0. The van der Waals surface area contributed by atoms with E-state index in [1.54, 1.807) is 7.11 Å². The number of aromatic nitrogens is 1. The van der Waals surface area contributed by atoms with Gasteiger partial charge in [0.15, 0.2) is 0 Å². The van der Waals surface area contributed by atoms with Crippen molar-refractivity contribution in [2.75, 3.05) is 27.3 Å². The van der Waals surface area contributed by atoms with Gasteiger partial charge in [-0.2, -0.15) is 4.31 Å². The van der Waals surface area contributed by atoms with Gasteiger partial charge in [0.05, 0.1) is 24.4 Å². The maximum Gasteiger partial charge on any atom is 0.274 e. The van der Waals surface area contributed by atoms with Crippen LogP contribution in [0.3, 0.4) is 0 Å².